The highest BCUT2D eigenvalue weighted by atomic mass is 16.5. The second-order valence-electron chi connectivity index (χ2n) is 6.24. The Labute approximate surface area is 134 Å². The van der Waals surface area contributed by atoms with Crippen molar-refractivity contribution in [3.8, 4) is 6.07 Å². The summed E-state index contributed by atoms with van der Waals surface area (Å²) in [5.41, 5.74) is 2.17. The third kappa shape index (κ3) is 5.31. The van der Waals surface area contributed by atoms with E-state index in [-0.39, 0.29) is 0 Å². The maximum absolute atomic E-state index is 8.86. The van der Waals surface area contributed by atoms with E-state index in [0.717, 1.165) is 24.7 Å². The highest BCUT2D eigenvalue weighted by Crippen LogP contribution is 2.37. The number of hydrogen-bond acceptors (Lipinski definition) is 2. The third-order valence-corrected chi connectivity index (χ3v) is 4.71. The maximum atomic E-state index is 8.86. The minimum absolute atomic E-state index is 0.690. The lowest BCUT2D eigenvalue weighted by Crippen LogP contribution is -2.14. The van der Waals surface area contributed by atoms with Crippen LogP contribution >= 0.6 is 0 Å². The third-order valence-electron chi connectivity index (χ3n) is 4.71. The summed E-state index contributed by atoms with van der Waals surface area (Å²) in [5.74, 6) is 1.56. The molecule has 1 fully saturated rings. The molecule has 2 rings (SSSR count). The zero-order chi connectivity index (χ0) is 15.6. The summed E-state index contributed by atoms with van der Waals surface area (Å²) in [6.45, 7) is 3.66. The quantitative estimate of drug-likeness (QED) is 0.511. The molecule has 1 aromatic carbocycles. The molecule has 2 heteroatoms. The highest BCUT2D eigenvalue weighted by molar-refractivity contribution is 5.33. The normalized spacial score (nSPS) is 21.8. The van der Waals surface area contributed by atoms with Gasteiger partial charge in [0.2, 0.25) is 0 Å². The predicted octanol–water partition coefficient (Wildman–Crippen LogP) is 5.20. The van der Waals surface area contributed by atoms with Gasteiger partial charge in [-0.25, -0.2) is 0 Å². The number of allylic oxidation sites excluding steroid dienone is 1. The minimum Gasteiger partial charge on any atom is -0.377 e. The Balaban J connectivity index is 1.66. The molecule has 2 nitrogen and oxygen atoms in total. The lowest BCUT2D eigenvalue weighted by atomic mass is 9.77. The zero-order valence-corrected chi connectivity index (χ0v) is 13.6. The predicted molar refractivity (Wildman–Crippen MR) is 90.7 cm³/mol. The van der Waals surface area contributed by atoms with Crippen LogP contribution in [0.5, 0.6) is 0 Å². The molecule has 1 aliphatic rings. The number of nitrogens with zero attached hydrogens (tertiary/aromatic N) is 1. The molecule has 22 heavy (non-hydrogen) atoms. The lowest BCUT2D eigenvalue weighted by Gasteiger charge is -2.28. The Bertz CT molecular complexity index is 489. The standard InChI is InChI=1S/C20H27NO/c1-2-3-14-22-15-4-5-17-6-10-19(11-7-17)20-12-8-18(16-21)9-13-20/h2-3,8-9,12-13,17,19H,4-7,10-11,14-15H2,1H3. The first kappa shape index (κ1) is 16.8. The molecular weight excluding hydrogens is 270 g/mol. The van der Waals surface area contributed by atoms with Gasteiger partial charge in [-0.15, -0.1) is 0 Å². The molecule has 0 unspecified atom stereocenters. The number of rotatable bonds is 7. The molecule has 1 saturated carbocycles. The fourth-order valence-electron chi connectivity index (χ4n) is 3.34. The lowest BCUT2D eigenvalue weighted by molar-refractivity contribution is 0.149. The Hall–Kier alpha value is -1.59. The van der Waals surface area contributed by atoms with Crippen LogP contribution in [0, 0.1) is 17.2 Å². The summed E-state index contributed by atoms with van der Waals surface area (Å²) in [6, 6.07) is 10.4. The van der Waals surface area contributed by atoms with Gasteiger partial charge in [-0.3, -0.25) is 0 Å². The molecular formula is C20H27NO. The van der Waals surface area contributed by atoms with Gasteiger partial charge < -0.3 is 4.74 Å². The van der Waals surface area contributed by atoms with Crippen molar-refractivity contribution in [1.29, 1.82) is 5.26 Å². The number of nitriles is 1. The van der Waals surface area contributed by atoms with Crippen LogP contribution in [0.3, 0.4) is 0 Å². The van der Waals surface area contributed by atoms with Crippen molar-refractivity contribution in [2.75, 3.05) is 13.2 Å². The van der Waals surface area contributed by atoms with E-state index in [1.54, 1.807) is 0 Å². The van der Waals surface area contributed by atoms with Crippen LogP contribution in [0.2, 0.25) is 0 Å². The van der Waals surface area contributed by atoms with Crippen LogP contribution in [0.1, 0.15) is 62.5 Å². The van der Waals surface area contributed by atoms with Crippen LogP contribution in [-0.4, -0.2) is 13.2 Å². The van der Waals surface area contributed by atoms with E-state index in [0.29, 0.717) is 5.92 Å². The topological polar surface area (TPSA) is 33.0 Å². The molecule has 0 radical (unpaired) electrons. The second kappa shape index (κ2) is 9.43. The summed E-state index contributed by atoms with van der Waals surface area (Å²) >= 11 is 0. The van der Waals surface area contributed by atoms with Crippen LogP contribution in [-0.2, 0) is 4.74 Å². The fraction of sp³-hybridized carbons (Fsp3) is 0.550. The van der Waals surface area contributed by atoms with E-state index < -0.39 is 0 Å². The first-order valence-corrected chi connectivity index (χ1v) is 8.52. The summed E-state index contributed by atoms with van der Waals surface area (Å²) in [4.78, 5) is 0. The molecule has 1 aromatic rings. The largest absolute Gasteiger partial charge is 0.377 e. The molecule has 0 N–H and O–H groups in total. The molecule has 0 aliphatic heterocycles. The fourth-order valence-corrected chi connectivity index (χ4v) is 3.34. The number of hydrogen-bond donors (Lipinski definition) is 0. The van der Waals surface area contributed by atoms with Gasteiger partial charge in [-0.05, 0) is 75.0 Å². The first-order valence-electron chi connectivity index (χ1n) is 8.52. The Kier molecular flexibility index (Phi) is 7.19. The Morgan fingerprint density at radius 3 is 2.55 bits per heavy atom. The highest BCUT2D eigenvalue weighted by Gasteiger charge is 2.21. The van der Waals surface area contributed by atoms with Crippen LogP contribution in [0.15, 0.2) is 36.4 Å². The van der Waals surface area contributed by atoms with Crippen molar-refractivity contribution in [2.24, 2.45) is 5.92 Å². The van der Waals surface area contributed by atoms with Crippen molar-refractivity contribution < 1.29 is 4.74 Å². The van der Waals surface area contributed by atoms with Crippen LogP contribution in [0.25, 0.3) is 0 Å². The summed E-state index contributed by atoms with van der Waals surface area (Å²) in [7, 11) is 0. The molecule has 1 aliphatic carbocycles. The summed E-state index contributed by atoms with van der Waals surface area (Å²) in [6.07, 6.45) is 11.8. The number of ether oxygens (including phenoxy) is 1. The van der Waals surface area contributed by atoms with Gasteiger partial charge in [0.1, 0.15) is 0 Å². The molecule has 0 bridgehead atoms. The van der Waals surface area contributed by atoms with E-state index in [9.17, 15) is 0 Å². The van der Waals surface area contributed by atoms with Gasteiger partial charge >= 0.3 is 0 Å². The number of benzene rings is 1. The van der Waals surface area contributed by atoms with Crippen molar-refractivity contribution in [3.05, 3.63) is 47.5 Å². The molecule has 118 valence electrons. The average Bonchev–Trinajstić information content (AvgIpc) is 2.59. The molecule has 0 saturated heterocycles. The van der Waals surface area contributed by atoms with Gasteiger partial charge in [-0.1, -0.05) is 24.3 Å². The van der Waals surface area contributed by atoms with E-state index in [4.69, 9.17) is 10.00 Å². The van der Waals surface area contributed by atoms with Crippen molar-refractivity contribution >= 4 is 0 Å². The van der Waals surface area contributed by atoms with E-state index >= 15 is 0 Å². The van der Waals surface area contributed by atoms with Crippen LogP contribution in [0.4, 0.5) is 0 Å². The average molecular weight is 297 g/mol. The Morgan fingerprint density at radius 1 is 1.18 bits per heavy atom. The monoisotopic (exact) mass is 297 g/mol. The van der Waals surface area contributed by atoms with Gasteiger partial charge in [0.15, 0.2) is 0 Å². The maximum Gasteiger partial charge on any atom is 0.0991 e. The van der Waals surface area contributed by atoms with E-state index in [1.165, 1.54) is 44.1 Å². The first-order chi connectivity index (χ1) is 10.8. The smallest absolute Gasteiger partial charge is 0.0991 e. The summed E-state index contributed by atoms with van der Waals surface area (Å²) in [5, 5.41) is 8.86. The Morgan fingerprint density at radius 2 is 1.91 bits per heavy atom. The summed E-state index contributed by atoms with van der Waals surface area (Å²) < 4.78 is 5.56. The molecule has 0 amide bonds. The van der Waals surface area contributed by atoms with Crippen molar-refractivity contribution in [1.82, 2.24) is 0 Å². The second-order valence-corrected chi connectivity index (χ2v) is 6.24. The van der Waals surface area contributed by atoms with Crippen molar-refractivity contribution in [3.63, 3.8) is 0 Å². The molecule has 0 atom stereocenters. The van der Waals surface area contributed by atoms with Gasteiger partial charge in [0.05, 0.1) is 18.2 Å². The van der Waals surface area contributed by atoms with Crippen LogP contribution < -0.4 is 0 Å². The van der Waals surface area contributed by atoms with Gasteiger partial charge in [-0.2, -0.15) is 5.26 Å². The van der Waals surface area contributed by atoms with E-state index in [1.807, 2.05) is 25.1 Å². The van der Waals surface area contributed by atoms with Gasteiger partial charge in [0.25, 0.3) is 0 Å². The SMILES string of the molecule is CC=CCOCCCC1CCC(c2ccc(C#N)cc2)CC1. The zero-order valence-electron chi connectivity index (χ0n) is 13.6. The molecule has 0 aromatic heterocycles. The van der Waals surface area contributed by atoms with Gasteiger partial charge in [0, 0.05) is 6.61 Å². The minimum atomic E-state index is 0.690. The van der Waals surface area contributed by atoms with Crippen molar-refractivity contribution in [2.45, 2.75) is 51.4 Å². The van der Waals surface area contributed by atoms with E-state index in [2.05, 4.69) is 24.3 Å². The molecule has 0 spiro atoms. The molecule has 0 heterocycles.